The first-order valence-corrected chi connectivity index (χ1v) is 3.88. The van der Waals surface area contributed by atoms with E-state index in [-0.39, 0.29) is 0 Å². The fraction of sp³-hybridized carbons (Fsp3) is 0. The number of amides is 1. The molecule has 0 atom stereocenters. The van der Waals surface area contributed by atoms with E-state index in [9.17, 15) is 4.79 Å². The summed E-state index contributed by atoms with van der Waals surface area (Å²) in [4.78, 5) is 18.7. The third-order valence-corrected chi connectivity index (χ3v) is 1.68. The van der Waals surface area contributed by atoms with E-state index in [1.54, 1.807) is 12.1 Å². The molecule has 2 heterocycles. The molecule has 2 rings (SSSR count). The zero-order chi connectivity index (χ0) is 9.97. The lowest BCUT2D eigenvalue weighted by Gasteiger charge is -2.00. The molecule has 6 nitrogen and oxygen atoms in total. The summed E-state index contributed by atoms with van der Waals surface area (Å²) >= 11 is 0. The van der Waals surface area contributed by atoms with Crippen molar-refractivity contribution in [1.29, 1.82) is 0 Å². The lowest BCUT2D eigenvalue weighted by atomic mass is 10.2. The first-order valence-electron chi connectivity index (χ1n) is 3.88. The molecule has 0 spiro atoms. The monoisotopic (exact) mass is 189 g/mol. The summed E-state index contributed by atoms with van der Waals surface area (Å²) in [6.45, 7) is 0. The second-order valence-corrected chi connectivity index (χ2v) is 2.61. The van der Waals surface area contributed by atoms with Crippen LogP contribution in [0.15, 0.2) is 31.0 Å². The number of pyridine rings is 1. The van der Waals surface area contributed by atoms with Crippen molar-refractivity contribution in [2.75, 3.05) is 0 Å². The molecule has 0 saturated carbocycles. The fourth-order valence-corrected chi connectivity index (χ4v) is 1.02. The average Bonchev–Trinajstić information content (AvgIpc) is 2.71. The summed E-state index contributed by atoms with van der Waals surface area (Å²) in [6.07, 6.45) is 4.38. The van der Waals surface area contributed by atoms with Gasteiger partial charge in [-0.2, -0.15) is 5.10 Å². The van der Waals surface area contributed by atoms with E-state index >= 15 is 0 Å². The summed E-state index contributed by atoms with van der Waals surface area (Å²) in [7, 11) is 0. The molecule has 0 aliphatic rings. The van der Waals surface area contributed by atoms with Gasteiger partial charge < -0.3 is 5.73 Å². The second-order valence-electron chi connectivity index (χ2n) is 2.61. The highest BCUT2D eigenvalue weighted by molar-refractivity contribution is 5.93. The van der Waals surface area contributed by atoms with Gasteiger partial charge in [0.05, 0.1) is 0 Å². The molecule has 0 unspecified atom stereocenters. The van der Waals surface area contributed by atoms with Crippen LogP contribution in [0.1, 0.15) is 10.4 Å². The van der Waals surface area contributed by atoms with Gasteiger partial charge in [-0.25, -0.2) is 14.6 Å². The largest absolute Gasteiger partial charge is 0.366 e. The predicted molar refractivity (Wildman–Crippen MR) is 47.7 cm³/mol. The van der Waals surface area contributed by atoms with E-state index in [0.717, 1.165) is 0 Å². The van der Waals surface area contributed by atoms with Gasteiger partial charge in [0.25, 0.3) is 0 Å². The Bertz CT molecular complexity index is 451. The molecule has 2 aromatic rings. The van der Waals surface area contributed by atoms with Gasteiger partial charge in [0.15, 0.2) is 5.82 Å². The minimum Gasteiger partial charge on any atom is -0.366 e. The molecule has 0 saturated heterocycles. The molecule has 0 aromatic carbocycles. The number of carbonyl (C=O) groups excluding carboxylic acids is 1. The van der Waals surface area contributed by atoms with Gasteiger partial charge in [0, 0.05) is 11.8 Å². The van der Waals surface area contributed by atoms with Gasteiger partial charge in [0.2, 0.25) is 5.91 Å². The normalized spacial score (nSPS) is 10.0. The minimum atomic E-state index is -0.492. The van der Waals surface area contributed by atoms with Crippen LogP contribution in [0.3, 0.4) is 0 Å². The van der Waals surface area contributed by atoms with Crippen molar-refractivity contribution in [2.24, 2.45) is 5.73 Å². The van der Waals surface area contributed by atoms with E-state index in [1.165, 1.54) is 23.5 Å². The standard InChI is InChI=1S/C8H7N5O/c9-8(14)6-1-2-11-7(3-6)13-5-10-4-12-13/h1-5H,(H2,9,14). The molecular formula is C8H7N5O. The number of primary amides is 1. The van der Waals surface area contributed by atoms with Gasteiger partial charge >= 0.3 is 0 Å². The minimum absolute atomic E-state index is 0.394. The topological polar surface area (TPSA) is 86.7 Å². The molecule has 2 aromatic heterocycles. The van der Waals surface area contributed by atoms with E-state index in [2.05, 4.69) is 15.1 Å². The van der Waals surface area contributed by atoms with Gasteiger partial charge in [-0.3, -0.25) is 4.79 Å². The van der Waals surface area contributed by atoms with Crippen molar-refractivity contribution in [1.82, 2.24) is 19.7 Å². The third kappa shape index (κ3) is 1.45. The van der Waals surface area contributed by atoms with E-state index in [4.69, 9.17) is 5.73 Å². The van der Waals surface area contributed by atoms with Crippen molar-refractivity contribution in [3.63, 3.8) is 0 Å². The average molecular weight is 189 g/mol. The number of nitrogens with zero attached hydrogens (tertiary/aromatic N) is 4. The molecule has 0 fully saturated rings. The highest BCUT2D eigenvalue weighted by Crippen LogP contribution is 2.04. The van der Waals surface area contributed by atoms with Crippen LogP contribution in [0.2, 0.25) is 0 Å². The maximum atomic E-state index is 10.9. The molecule has 70 valence electrons. The highest BCUT2D eigenvalue weighted by atomic mass is 16.1. The van der Waals surface area contributed by atoms with Crippen LogP contribution in [0, 0.1) is 0 Å². The first kappa shape index (κ1) is 8.36. The molecule has 1 amide bonds. The maximum absolute atomic E-state index is 10.9. The van der Waals surface area contributed by atoms with E-state index in [1.807, 2.05) is 0 Å². The van der Waals surface area contributed by atoms with Crippen molar-refractivity contribution < 1.29 is 4.79 Å². The van der Waals surface area contributed by atoms with Crippen LogP contribution in [-0.4, -0.2) is 25.7 Å². The Morgan fingerprint density at radius 3 is 3.00 bits per heavy atom. The fourth-order valence-electron chi connectivity index (χ4n) is 1.02. The van der Waals surface area contributed by atoms with Crippen molar-refractivity contribution >= 4 is 5.91 Å². The Hall–Kier alpha value is -2.24. The van der Waals surface area contributed by atoms with Gasteiger partial charge in [-0.05, 0) is 12.1 Å². The third-order valence-electron chi connectivity index (χ3n) is 1.68. The number of hydrogen-bond donors (Lipinski definition) is 1. The Morgan fingerprint density at radius 2 is 2.36 bits per heavy atom. The molecule has 6 heteroatoms. The SMILES string of the molecule is NC(=O)c1ccnc(-n2cncn2)c1. The number of carbonyl (C=O) groups is 1. The molecule has 0 bridgehead atoms. The van der Waals surface area contributed by atoms with Gasteiger partial charge in [-0.1, -0.05) is 0 Å². The molecule has 14 heavy (non-hydrogen) atoms. The van der Waals surface area contributed by atoms with Crippen LogP contribution in [0.25, 0.3) is 5.82 Å². The van der Waals surface area contributed by atoms with Crippen molar-refractivity contribution in [2.45, 2.75) is 0 Å². The zero-order valence-corrected chi connectivity index (χ0v) is 7.16. The first-order chi connectivity index (χ1) is 6.77. The molecular weight excluding hydrogens is 182 g/mol. The molecule has 0 aliphatic carbocycles. The number of nitrogens with two attached hydrogens (primary N) is 1. The maximum Gasteiger partial charge on any atom is 0.248 e. The van der Waals surface area contributed by atoms with Crippen LogP contribution < -0.4 is 5.73 Å². The Labute approximate surface area is 79.4 Å². The summed E-state index contributed by atoms with van der Waals surface area (Å²) < 4.78 is 1.45. The van der Waals surface area contributed by atoms with Gasteiger partial charge in [0.1, 0.15) is 12.7 Å². The Kier molecular flexibility index (Phi) is 1.94. The van der Waals surface area contributed by atoms with Crippen LogP contribution in [0.5, 0.6) is 0 Å². The summed E-state index contributed by atoms with van der Waals surface area (Å²) in [6, 6.07) is 3.10. The van der Waals surface area contributed by atoms with Crippen LogP contribution in [0.4, 0.5) is 0 Å². The summed E-state index contributed by atoms with van der Waals surface area (Å²) in [5.41, 5.74) is 5.52. The lowest BCUT2D eigenvalue weighted by molar-refractivity contribution is 0.1000. The lowest BCUT2D eigenvalue weighted by Crippen LogP contribution is -2.12. The van der Waals surface area contributed by atoms with Crippen LogP contribution in [-0.2, 0) is 0 Å². The number of hydrogen-bond acceptors (Lipinski definition) is 4. The van der Waals surface area contributed by atoms with Gasteiger partial charge in [-0.15, -0.1) is 0 Å². The highest BCUT2D eigenvalue weighted by Gasteiger charge is 2.03. The Balaban J connectivity index is 2.46. The van der Waals surface area contributed by atoms with Crippen molar-refractivity contribution in [3.8, 4) is 5.82 Å². The number of aromatic nitrogens is 4. The quantitative estimate of drug-likeness (QED) is 0.706. The molecule has 0 radical (unpaired) electrons. The van der Waals surface area contributed by atoms with Crippen molar-refractivity contribution in [3.05, 3.63) is 36.5 Å². The van der Waals surface area contributed by atoms with E-state index < -0.39 is 5.91 Å². The van der Waals surface area contributed by atoms with Crippen LogP contribution >= 0.6 is 0 Å². The predicted octanol–water partition coefficient (Wildman–Crippen LogP) is -0.239. The summed E-state index contributed by atoms with van der Waals surface area (Å²) in [5.74, 6) is 0.0209. The summed E-state index contributed by atoms with van der Waals surface area (Å²) in [5, 5.41) is 3.88. The zero-order valence-electron chi connectivity index (χ0n) is 7.16. The smallest absolute Gasteiger partial charge is 0.248 e. The molecule has 2 N–H and O–H groups in total. The second kappa shape index (κ2) is 3.25. The molecule has 0 aliphatic heterocycles. The Morgan fingerprint density at radius 1 is 1.50 bits per heavy atom. The van der Waals surface area contributed by atoms with E-state index in [0.29, 0.717) is 11.4 Å². The number of rotatable bonds is 2.